The summed E-state index contributed by atoms with van der Waals surface area (Å²) in [5, 5.41) is 0. The summed E-state index contributed by atoms with van der Waals surface area (Å²) in [6.45, 7) is 0. The van der Waals surface area contributed by atoms with E-state index in [4.69, 9.17) is 5.73 Å². The molecule has 2 aromatic carbocycles. The summed E-state index contributed by atoms with van der Waals surface area (Å²) in [5.74, 6) is -0.552. The van der Waals surface area contributed by atoms with Crippen molar-refractivity contribution in [3.8, 4) is 0 Å². The van der Waals surface area contributed by atoms with E-state index in [-0.39, 0.29) is 0 Å². The monoisotopic (exact) mass is 291 g/mol. The minimum Gasteiger partial charge on any atom is -0.366 e. The van der Waals surface area contributed by atoms with Gasteiger partial charge in [-0.2, -0.15) is 13.2 Å². The Morgan fingerprint density at radius 3 is 2.10 bits per heavy atom. The molecule has 0 heterocycles. The van der Waals surface area contributed by atoms with Gasteiger partial charge in [0.2, 0.25) is 5.91 Å². The van der Waals surface area contributed by atoms with E-state index < -0.39 is 17.6 Å². The van der Waals surface area contributed by atoms with Gasteiger partial charge in [0, 0.05) is 5.56 Å². The van der Waals surface area contributed by atoms with Crippen LogP contribution in [-0.2, 0) is 6.18 Å². The van der Waals surface area contributed by atoms with Crippen LogP contribution >= 0.6 is 0 Å². The first-order valence-electron chi connectivity index (χ1n) is 6.11. The molecule has 0 bridgehead atoms. The number of hydrogen-bond acceptors (Lipinski definition) is 1. The molecule has 0 radical (unpaired) electrons. The highest BCUT2D eigenvalue weighted by Gasteiger charge is 2.30. The van der Waals surface area contributed by atoms with Gasteiger partial charge in [-0.05, 0) is 35.4 Å². The minimum atomic E-state index is -4.37. The van der Waals surface area contributed by atoms with E-state index in [2.05, 4.69) is 0 Å². The van der Waals surface area contributed by atoms with Crippen LogP contribution in [0.25, 0.3) is 12.2 Å². The quantitative estimate of drug-likeness (QED) is 0.854. The molecule has 2 rings (SSSR count). The summed E-state index contributed by atoms with van der Waals surface area (Å²) >= 11 is 0. The van der Waals surface area contributed by atoms with Crippen molar-refractivity contribution < 1.29 is 18.0 Å². The fraction of sp³-hybridized carbons (Fsp3) is 0.0625. The van der Waals surface area contributed by atoms with Crippen molar-refractivity contribution in [2.75, 3.05) is 0 Å². The standard InChI is InChI=1S/C16H12F3NO/c17-16(18,19)14-6-2-4-12(10-14)8-7-11-3-1-5-13(9-11)15(20)21/h1-10H,(H2,20,21)/b8-7+. The van der Waals surface area contributed by atoms with Crippen molar-refractivity contribution in [2.45, 2.75) is 6.18 Å². The van der Waals surface area contributed by atoms with Crippen LogP contribution in [0.3, 0.4) is 0 Å². The predicted octanol–water partition coefficient (Wildman–Crippen LogP) is 3.97. The Balaban J connectivity index is 2.25. The van der Waals surface area contributed by atoms with Crippen molar-refractivity contribution in [3.63, 3.8) is 0 Å². The van der Waals surface area contributed by atoms with Gasteiger partial charge in [-0.15, -0.1) is 0 Å². The summed E-state index contributed by atoms with van der Waals surface area (Å²) < 4.78 is 37.8. The maximum absolute atomic E-state index is 12.6. The number of benzene rings is 2. The summed E-state index contributed by atoms with van der Waals surface area (Å²) in [7, 11) is 0. The second kappa shape index (κ2) is 5.83. The first-order chi connectivity index (χ1) is 9.86. The number of halogens is 3. The van der Waals surface area contributed by atoms with Crippen LogP contribution in [0.1, 0.15) is 27.0 Å². The SMILES string of the molecule is NC(=O)c1cccc(/C=C/c2cccc(C(F)(F)F)c2)c1. The molecule has 1 amide bonds. The van der Waals surface area contributed by atoms with E-state index in [1.54, 1.807) is 42.5 Å². The van der Waals surface area contributed by atoms with E-state index in [1.807, 2.05) is 0 Å². The van der Waals surface area contributed by atoms with E-state index in [1.165, 1.54) is 6.07 Å². The second-order valence-electron chi connectivity index (χ2n) is 4.45. The lowest BCUT2D eigenvalue weighted by atomic mass is 10.1. The summed E-state index contributed by atoms with van der Waals surface area (Å²) in [6.07, 6.45) is -1.19. The molecule has 2 nitrogen and oxygen atoms in total. The Labute approximate surface area is 119 Å². The fourth-order valence-corrected chi connectivity index (χ4v) is 1.81. The number of hydrogen-bond donors (Lipinski definition) is 1. The molecule has 0 spiro atoms. The first kappa shape index (κ1) is 14.8. The first-order valence-corrected chi connectivity index (χ1v) is 6.11. The van der Waals surface area contributed by atoms with Crippen molar-refractivity contribution >= 4 is 18.1 Å². The molecule has 0 atom stereocenters. The van der Waals surface area contributed by atoms with Crippen molar-refractivity contribution in [2.24, 2.45) is 5.73 Å². The van der Waals surface area contributed by atoms with Gasteiger partial charge in [0.05, 0.1) is 5.56 Å². The van der Waals surface area contributed by atoms with Gasteiger partial charge in [0.25, 0.3) is 0 Å². The average molecular weight is 291 g/mol. The van der Waals surface area contributed by atoms with E-state index in [9.17, 15) is 18.0 Å². The maximum Gasteiger partial charge on any atom is 0.416 e. The van der Waals surface area contributed by atoms with Crippen LogP contribution in [0.2, 0.25) is 0 Å². The molecule has 0 saturated heterocycles. The Kier molecular flexibility index (Phi) is 4.12. The van der Waals surface area contributed by atoms with Gasteiger partial charge in [0.1, 0.15) is 0 Å². The molecule has 0 saturated carbocycles. The Hall–Kier alpha value is -2.56. The van der Waals surface area contributed by atoms with E-state index in [0.29, 0.717) is 16.7 Å². The normalized spacial score (nSPS) is 11.8. The third-order valence-corrected chi connectivity index (χ3v) is 2.85. The lowest BCUT2D eigenvalue weighted by molar-refractivity contribution is -0.137. The predicted molar refractivity (Wildman–Crippen MR) is 75.3 cm³/mol. The lowest BCUT2D eigenvalue weighted by Gasteiger charge is -2.06. The molecular weight excluding hydrogens is 279 g/mol. The molecule has 0 aliphatic carbocycles. The zero-order valence-electron chi connectivity index (χ0n) is 10.9. The van der Waals surface area contributed by atoms with Crippen LogP contribution in [0, 0.1) is 0 Å². The lowest BCUT2D eigenvalue weighted by Crippen LogP contribution is -2.10. The third kappa shape index (κ3) is 3.95. The molecule has 0 aliphatic heterocycles. The van der Waals surface area contributed by atoms with Gasteiger partial charge in [-0.25, -0.2) is 0 Å². The molecule has 21 heavy (non-hydrogen) atoms. The molecule has 0 fully saturated rings. The van der Waals surface area contributed by atoms with Gasteiger partial charge >= 0.3 is 6.18 Å². The molecule has 2 aromatic rings. The summed E-state index contributed by atoms with van der Waals surface area (Å²) in [4.78, 5) is 11.1. The zero-order chi connectivity index (χ0) is 15.5. The highest BCUT2D eigenvalue weighted by Crippen LogP contribution is 2.29. The molecule has 0 aromatic heterocycles. The van der Waals surface area contributed by atoms with Crippen LogP contribution in [0.4, 0.5) is 13.2 Å². The fourth-order valence-electron chi connectivity index (χ4n) is 1.81. The largest absolute Gasteiger partial charge is 0.416 e. The molecule has 2 N–H and O–H groups in total. The topological polar surface area (TPSA) is 43.1 Å². The third-order valence-electron chi connectivity index (χ3n) is 2.85. The molecule has 0 aliphatic rings. The number of nitrogens with two attached hydrogens (primary N) is 1. The number of amides is 1. The molecule has 0 unspecified atom stereocenters. The van der Waals surface area contributed by atoms with Crippen LogP contribution in [0.15, 0.2) is 48.5 Å². The highest BCUT2D eigenvalue weighted by atomic mass is 19.4. The minimum absolute atomic E-state index is 0.348. The maximum atomic E-state index is 12.6. The van der Waals surface area contributed by atoms with Crippen LogP contribution in [0.5, 0.6) is 0 Å². The average Bonchev–Trinajstić information content (AvgIpc) is 2.45. The van der Waals surface area contributed by atoms with Crippen molar-refractivity contribution in [1.29, 1.82) is 0 Å². The highest BCUT2D eigenvalue weighted by molar-refractivity contribution is 5.93. The Morgan fingerprint density at radius 1 is 0.952 bits per heavy atom. The second-order valence-corrected chi connectivity index (χ2v) is 4.45. The summed E-state index contributed by atoms with van der Waals surface area (Å²) in [6, 6.07) is 11.5. The molecular formula is C16H12F3NO. The number of carbonyl (C=O) groups is 1. The smallest absolute Gasteiger partial charge is 0.366 e. The van der Waals surface area contributed by atoms with E-state index in [0.717, 1.165) is 12.1 Å². The molecule has 5 heteroatoms. The Morgan fingerprint density at radius 2 is 1.52 bits per heavy atom. The number of alkyl halides is 3. The van der Waals surface area contributed by atoms with Gasteiger partial charge in [0.15, 0.2) is 0 Å². The van der Waals surface area contributed by atoms with Crippen molar-refractivity contribution in [1.82, 2.24) is 0 Å². The van der Waals surface area contributed by atoms with Crippen LogP contribution < -0.4 is 5.73 Å². The number of carbonyl (C=O) groups excluding carboxylic acids is 1. The van der Waals surface area contributed by atoms with Gasteiger partial charge < -0.3 is 5.73 Å². The zero-order valence-corrected chi connectivity index (χ0v) is 10.9. The molecule has 108 valence electrons. The number of rotatable bonds is 3. The Bertz CT molecular complexity index is 690. The number of primary amides is 1. The van der Waals surface area contributed by atoms with Crippen LogP contribution in [-0.4, -0.2) is 5.91 Å². The van der Waals surface area contributed by atoms with Gasteiger partial charge in [-0.3, -0.25) is 4.79 Å². The summed E-state index contributed by atoms with van der Waals surface area (Å²) in [5.41, 5.74) is 5.93. The van der Waals surface area contributed by atoms with Crippen molar-refractivity contribution in [3.05, 3.63) is 70.8 Å². The van der Waals surface area contributed by atoms with Gasteiger partial charge in [-0.1, -0.05) is 36.4 Å². The van der Waals surface area contributed by atoms with E-state index >= 15 is 0 Å².